The lowest BCUT2D eigenvalue weighted by Gasteiger charge is -2.33. The first-order chi connectivity index (χ1) is 15.6. The molecule has 1 aliphatic rings. The topological polar surface area (TPSA) is 61.4 Å². The Labute approximate surface area is 190 Å². The highest BCUT2D eigenvalue weighted by Gasteiger charge is 2.30. The lowest BCUT2D eigenvalue weighted by molar-refractivity contribution is -0.137. The molecule has 1 fully saturated rings. The first-order valence-electron chi connectivity index (χ1n) is 10.9. The predicted molar refractivity (Wildman–Crippen MR) is 117 cm³/mol. The van der Waals surface area contributed by atoms with Gasteiger partial charge < -0.3 is 15.5 Å². The smallest absolute Gasteiger partial charge is 0.342 e. The van der Waals surface area contributed by atoms with E-state index in [-0.39, 0.29) is 24.2 Å². The standard InChI is InChI=1S/C24H27F4N3O2/c1-16(18-7-9-19(10-8-18)24(26,27)28)12-22(32)31-11-3-4-17(15-31)14-29-23(33)30-21-6-2-5-20(25)13-21/h2,5-10,13,16-17H,3-4,11-12,14-15H2,1H3,(H2,29,30,33). The average Bonchev–Trinajstić information content (AvgIpc) is 2.77. The maximum Gasteiger partial charge on any atom is 0.416 e. The highest BCUT2D eigenvalue weighted by Crippen LogP contribution is 2.31. The molecule has 1 heterocycles. The molecule has 0 radical (unpaired) electrons. The number of carbonyl (C=O) groups is 2. The molecule has 0 saturated carbocycles. The molecule has 0 aromatic heterocycles. The number of nitrogens with one attached hydrogen (secondary N) is 2. The number of alkyl halides is 3. The molecule has 1 saturated heterocycles. The van der Waals surface area contributed by atoms with Crippen LogP contribution in [0.4, 0.5) is 28.0 Å². The normalized spacial score (nSPS) is 17.4. The van der Waals surface area contributed by atoms with Gasteiger partial charge in [0.15, 0.2) is 0 Å². The number of carbonyl (C=O) groups excluding carboxylic acids is 2. The highest BCUT2D eigenvalue weighted by atomic mass is 19.4. The van der Waals surface area contributed by atoms with Crippen molar-refractivity contribution in [3.05, 3.63) is 65.5 Å². The average molecular weight is 465 g/mol. The van der Waals surface area contributed by atoms with E-state index in [1.807, 2.05) is 6.92 Å². The fraction of sp³-hybridized carbons (Fsp3) is 0.417. The van der Waals surface area contributed by atoms with Crippen LogP contribution in [0, 0.1) is 11.7 Å². The van der Waals surface area contributed by atoms with Crippen LogP contribution in [0.25, 0.3) is 0 Å². The summed E-state index contributed by atoms with van der Waals surface area (Å²) in [5.74, 6) is -0.631. The number of anilines is 1. The molecular weight excluding hydrogens is 438 g/mol. The number of halogens is 4. The molecule has 3 rings (SSSR count). The lowest BCUT2D eigenvalue weighted by atomic mass is 9.94. The van der Waals surface area contributed by atoms with Crippen LogP contribution in [-0.2, 0) is 11.0 Å². The zero-order chi connectivity index (χ0) is 24.0. The quantitative estimate of drug-likeness (QED) is 0.562. The van der Waals surface area contributed by atoms with Crippen LogP contribution in [0.5, 0.6) is 0 Å². The molecule has 9 heteroatoms. The molecule has 178 valence electrons. The fourth-order valence-electron chi connectivity index (χ4n) is 3.95. The van der Waals surface area contributed by atoms with Gasteiger partial charge in [-0.2, -0.15) is 13.2 Å². The van der Waals surface area contributed by atoms with Crippen LogP contribution < -0.4 is 10.6 Å². The van der Waals surface area contributed by atoms with Crippen molar-refractivity contribution in [1.82, 2.24) is 10.2 Å². The lowest BCUT2D eigenvalue weighted by Crippen LogP contribution is -2.44. The second kappa shape index (κ2) is 10.7. The predicted octanol–water partition coefficient (Wildman–Crippen LogP) is 5.40. The van der Waals surface area contributed by atoms with Crippen LogP contribution >= 0.6 is 0 Å². The molecule has 0 spiro atoms. The Morgan fingerprint density at radius 2 is 1.88 bits per heavy atom. The monoisotopic (exact) mass is 465 g/mol. The molecule has 1 aliphatic heterocycles. The van der Waals surface area contributed by atoms with E-state index in [0.29, 0.717) is 30.9 Å². The summed E-state index contributed by atoms with van der Waals surface area (Å²) in [6.07, 6.45) is -2.52. The van der Waals surface area contributed by atoms with Gasteiger partial charge in [-0.25, -0.2) is 9.18 Å². The SMILES string of the molecule is CC(CC(=O)N1CCCC(CNC(=O)Nc2cccc(F)c2)C1)c1ccc(C(F)(F)F)cc1. The molecule has 33 heavy (non-hydrogen) atoms. The van der Waals surface area contributed by atoms with Gasteiger partial charge in [-0.15, -0.1) is 0 Å². The second-order valence-electron chi connectivity index (χ2n) is 8.42. The molecule has 2 unspecified atom stereocenters. The summed E-state index contributed by atoms with van der Waals surface area (Å²) in [5.41, 5.74) is 0.323. The Morgan fingerprint density at radius 1 is 1.15 bits per heavy atom. The van der Waals surface area contributed by atoms with Gasteiger partial charge >= 0.3 is 12.2 Å². The van der Waals surface area contributed by atoms with Crippen LogP contribution in [0.3, 0.4) is 0 Å². The van der Waals surface area contributed by atoms with Crippen molar-refractivity contribution in [2.45, 2.75) is 38.3 Å². The van der Waals surface area contributed by atoms with Gasteiger partial charge in [0.05, 0.1) is 5.56 Å². The number of urea groups is 1. The molecule has 0 bridgehead atoms. The fourth-order valence-corrected chi connectivity index (χ4v) is 3.95. The van der Waals surface area contributed by atoms with Gasteiger partial charge in [-0.3, -0.25) is 4.79 Å². The number of likely N-dealkylation sites (tertiary alicyclic amines) is 1. The van der Waals surface area contributed by atoms with Crippen LogP contribution in [0.2, 0.25) is 0 Å². The largest absolute Gasteiger partial charge is 0.416 e. The van der Waals surface area contributed by atoms with E-state index < -0.39 is 23.6 Å². The highest BCUT2D eigenvalue weighted by molar-refractivity contribution is 5.89. The Bertz CT molecular complexity index is 963. The second-order valence-corrected chi connectivity index (χ2v) is 8.42. The number of amides is 3. The third kappa shape index (κ3) is 7.20. The first-order valence-corrected chi connectivity index (χ1v) is 10.9. The summed E-state index contributed by atoms with van der Waals surface area (Å²) in [4.78, 5) is 26.6. The maximum atomic E-state index is 13.2. The summed E-state index contributed by atoms with van der Waals surface area (Å²) in [7, 11) is 0. The molecule has 0 aliphatic carbocycles. The van der Waals surface area contributed by atoms with Gasteiger partial charge in [0, 0.05) is 31.7 Å². The Hall–Kier alpha value is -3.10. The first kappa shape index (κ1) is 24.5. The molecule has 2 N–H and O–H groups in total. The Balaban J connectivity index is 1.47. The Morgan fingerprint density at radius 3 is 2.55 bits per heavy atom. The maximum absolute atomic E-state index is 13.2. The van der Waals surface area contributed by atoms with Gasteiger partial charge in [0.25, 0.3) is 0 Å². The van der Waals surface area contributed by atoms with Gasteiger partial charge in [-0.1, -0.05) is 25.1 Å². The van der Waals surface area contributed by atoms with Crippen molar-refractivity contribution >= 4 is 17.6 Å². The zero-order valence-electron chi connectivity index (χ0n) is 18.3. The van der Waals surface area contributed by atoms with Crippen molar-refractivity contribution < 1.29 is 27.2 Å². The van der Waals surface area contributed by atoms with E-state index in [2.05, 4.69) is 10.6 Å². The van der Waals surface area contributed by atoms with Crippen LogP contribution in [-0.4, -0.2) is 36.5 Å². The summed E-state index contributed by atoms with van der Waals surface area (Å²) in [6, 6.07) is 10.1. The zero-order valence-corrected chi connectivity index (χ0v) is 18.3. The summed E-state index contributed by atoms with van der Waals surface area (Å²) < 4.78 is 51.4. The summed E-state index contributed by atoms with van der Waals surface area (Å²) in [5, 5.41) is 5.33. The number of benzene rings is 2. The number of rotatable bonds is 6. The Kier molecular flexibility index (Phi) is 7.94. The van der Waals surface area contributed by atoms with E-state index in [0.717, 1.165) is 25.0 Å². The van der Waals surface area contributed by atoms with E-state index >= 15 is 0 Å². The van der Waals surface area contributed by atoms with Crippen LogP contribution in [0.15, 0.2) is 48.5 Å². The summed E-state index contributed by atoms with van der Waals surface area (Å²) >= 11 is 0. The molecule has 2 atom stereocenters. The van der Waals surface area contributed by atoms with Crippen molar-refractivity contribution in [3.8, 4) is 0 Å². The third-order valence-electron chi connectivity index (χ3n) is 5.79. The van der Waals surface area contributed by atoms with Crippen molar-refractivity contribution in [1.29, 1.82) is 0 Å². The van der Waals surface area contributed by atoms with E-state index in [1.54, 1.807) is 11.0 Å². The molecular formula is C24H27F4N3O2. The third-order valence-corrected chi connectivity index (χ3v) is 5.79. The van der Waals surface area contributed by atoms with E-state index in [1.165, 1.54) is 30.3 Å². The molecule has 5 nitrogen and oxygen atoms in total. The van der Waals surface area contributed by atoms with E-state index in [9.17, 15) is 27.2 Å². The number of hydrogen-bond acceptors (Lipinski definition) is 2. The van der Waals surface area contributed by atoms with Gasteiger partial charge in [0.1, 0.15) is 5.82 Å². The van der Waals surface area contributed by atoms with Crippen LogP contribution in [0.1, 0.15) is 43.2 Å². The minimum absolute atomic E-state index is 0.0590. The molecule has 3 amide bonds. The molecule has 2 aromatic rings. The minimum Gasteiger partial charge on any atom is -0.342 e. The van der Waals surface area contributed by atoms with E-state index in [4.69, 9.17) is 0 Å². The number of piperidine rings is 1. The minimum atomic E-state index is -4.39. The van der Waals surface area contributed by atoms with Crippen molar-refractivity contribution in [2.75, 3.05) is 25.0 Å². The van der Waals surface area contributed by atoms with Gasteiger partial charge in [0.2, 0.25) is 5.91 Å². The number of hydrogen-bond donors (Lipinski definition) is 2. The van der Waals surface area contributed by atoms with Gasteiger partial charge in [-0.05, 0) is 60.6 Å². The summed E-state index contributed by atoms with van der Waals surface area (Å²) in [6.45, 7) is 3.31. The number of nitrogens with zero attached hydrogens (tertiary/aromatic N) is 1. The van der Waals surface area contributed by atoms with Crippen molar-refractivity contribution in [3.63, 3.8) is 0 Å². The van der Waals surface area contributed by atoms with Crippen molar-refractivity contribution in [2.24, 2.45) is 5.92 Å². The molecule has 2 aromatic carbocycles.